The van der Waals surface area contributed by atoms with Crippen molar-refractivity contribution in [2.24, 2.45) is 0 Å². The van der Waals surface area contributed by atoms with E-state index in [-0.39, 0.29) is 12.2 Å². The van der Waals surface area contributed by atoms with E-state index in [1.165, 1.54) is 4.90 Å². The molecule has 0 spiro atoms. The monoisotopic (exact) mass is 279 g/mol. The quantitative estimate of drug-likeness (QED) is 0.853. The number of hydrogen-bond acceptors (Lipinski definition) is 4. The van der Waals surface area contributed by atoms with Crippen LogP contribution in [0, 0.1) is 6.92 Å². The number of likely N-dealkylation sites (N-methyl/N-ethyl adjacent to an activating group) is 1. The highest BCUT2D eigenvalue weighted by atomic mass is 16.3. The van der Waals surface area contributed by atoms with Crippen LogP contribution in [0.2, 0.25) is 0 Å². The number of nitrogens with one attached hydrogen (secondary N) is 1. The number of carbonyl (C=O) groups is 1. The van der Waals surface area contributed by atoms with Gasteiger partial charge in [-0.2, -0.15) is 0 Å². The highest BCUT2D eigenvalue weighted by Crippen LogP contribution is 2.37. The molecule has 1 amide bonds. The normalized spacial score (nSPS) is 15.2. The molecule has 110 valence electrons. The number of hydrogen-bond donors (Lipinski definition) is 2. The first-order valence-corrected chi connectivity index (χ1v) is 6.77. The molecule has 1 heterocycles. The van der Waals surface area contributed by atoms with Crippen molar-refractivity contribution in [2.45, 2.75) is 45.1 Å². The van der Waals surface area contributed by atoms with E-state index in [4.69, 9.17) is 0 Å². The molecule has 0 bridgehead atoms. The van der Waals surface area contributed by atoms with Crippen molar-refractivity contribution in [2.75, 3.05) is 13.7 Å². The minimum Gasteiger partial charge on any atom is -0.394 e. The van der Waals surface area contributed by atoms with Crippen molar-refractivity contribution >= 4 is 5.91 Å². The number of aliphatic hydroxyl groups excluding tert-OH is 1. The van der Waals surface area contributed by atoms with Gasteiger partial charge in [0.05, 0.1) is 17.8 Å². The molecule has 1 aliphatic rings. The van der Waals surface area contributed by atoms with Crippen molar-refractivity contribution in [3.63, 3.8) is 0 Å². The Labute approximate surface area is 117 Å². The van der Waals surface area contributed by atoms with Crippen LogP contribution in [0.15, 0.2) is 4.79 Å². The summed E-state index contributed by atoms with van der Waals surface area (Å²) in [5.41, 5.74) is -0.629. The topological polar surface area (TPSA) is 86.3 Å². The second-order valence-electron chi connectivity index (χ2n) is 6.02. The lowest BCUT2D eigenvalue weighted by Crippen LogP contribution is -2.49. The van der Waals surface area contributed by atoms with Crippen molar-refractivity contribution in [3.8, 4) is 0 Å². The van der Waals surface area contributed by atoms with Crippen LogP contribution in [0.4, 0.5) is 0 Å². The standard InChI is InChI=1S/C14H21N3O3/c1-8-10(13(20)17(4)14(2,3)7-18)12(19)16-11(15-8)9-5-6-9/h9,18H,5-7H2,1-4H3,(H,15,16,19). The smallest absolute Gasteiger partial charge is 0.264 e. The third-order valence-electron chi connectivity index (χ3n) is 3.90. The molecule has 0 radical (unpaired) electrons. The Bertz CT molecular complexity index is 588. The third-order valence-corrected chi connectivity index (χ3v) is 3.90. The van der Waals surface area contributed by atoms with Crippen LogP contribution >= 0.6 is 0 Å². The van der Waals surface area contributed by atoms with Crippen LogP contribution in [0.1, 0.15) is 54.5 Å². The molecule has 0 atom stereocenters. The number of H-pyrrole nitrogens is 1. The Hall–Kier alpha value is -1.69. The second-order valence-corrected chi connectivity index (χ2v) is 6.02. The molecule has 2 N–H and O–H groups in total. The number of carbonyl (C=O) groups excluding carboxylic acids is 1. The van der Waals surface area contributed by atoms with Gasteiger partial charge in [0.15, 0.2) is 0 Å². The molecule has 1 fully saturated rings. The average Bonchev–Trinajstić information content (AvgIpc) is 3.20. The predicted octanol–water partition coefficient (Wildman–Crippen LogP) is 0.799. The lowest BCUT2D eigenvalue weighted by atomic mass is 10.0. The van der Waals surface area contributed by atoms with E-state index in [0.717, 1.165) is 12.8 Å². The van der Waals surface area contributed by atoms with Gasteiger partial charge < -0.3 is 15.0 Å². The summed E-state index contributed by atoms with van der Waals surface area (Å²) in [6, 6.07) is 0. The zero-order valence-corrected chi connectivity index (χ0v) is 12.4. The fraction of sp³-hybridized carbons (Fsp3) is 0.643. The molecule has 2 rings (SSSR count). The number of aromatic nitrogens is 2. The minimum atomic E-state index is -0.731. The molecule has 0 unspecified atom stereocenters. The van der Waals surface area contributed by atoms with Gasteiger partial charge in [0.1, 0.15) is 11.4 Å². The first-order valence-electron chi connectivity index (χ1n) is 6.77. The molecule has 6 heteroatoms. The number of amides is 1. The maximum absolute atomic E-state index is 12.4. The van der Waals surface area contributed by atoms with Gasteiger partial charge in [0.25, 0.3) is 11.5 Å². The van der Waals surface area contributed by atoms with Gasteiger partial charge in [0.2, 0.25) is 0 Å². The average molecular weight is 279 g/mol. The Kier molecular flexibility index (Phi) is 3.69. The number of aliphatic hydroxyl groups is 1. The van der Waals surface area contributed by atoms with E-state index in [1.807, 2.05) is 0 Å². The summed E-state index contributed by atoms with van der Waals surface area (Å²) in [6.45, 7) is 4.97. The third kappa shape index (κ3) is 2.60. The van der Waals surface area contributed by atoms with Gasteiger partial charge in [-0.3, -0.25) is 9.59 Å². The summed E-state index contributed by atoms with van der Waals surface area (Å²) >= 11 is 0. The van der Waals surface area contributed by atoms with Crippen LogP contribution in [0.25, 0.3) is 0 Å². The van der Waals surface area contributed by atoms with Crippen LogP contribution in [0.3, 0.4) is 0 Å². The van der Waals surface area contributed by atoms with E-state index in [1.54, 1.807) is 27.8 Å². The van der Waals surface area contributed by atoms with Crippen LogP contribution in [0.5, 0.6) is 0 Å². The molecule has 0 aliphatic heterocycles. The largest absolute Gasteiger partial charge is 0.394 e. The van der Waals surface area contributed by atoms with Gasteiger partial charge >= 0.3 is 0 Å². The fourth-order valence-electron chi connectivity index (χ4n) is 1.96. The summed E-state index contributed by atoms with van der Waals surface area (Å²) in [4.78, 5) is 33.0. The SMILES string of the molecule is Cc1nc(C2CC2)[nH]c(=O)c1C(=O)N(C)C(C)(C)CO. The highest BCUT2D eigenvalue weighted by Gasteiger charge is 2.32. The Balaban J connectivity index is 2.37. The zero-order valence-electron chi connectivity index (χ0n) is 12.4. The first kappa shape index (κ1) is 14.7. The Morgan fingerprint density at radius 3 is 2.55 bits per heavy atom. The zero-order chi connectivity index (χ0) is 15.1. The summed E-state index contributed by atoms with van der Waals surface area (Å²) < 4.78 is 0. The molecule has 0 saturated heterocycles. The molecule has 1 aromatic rings. The van der Waals surface area contributed by atoms with Gasteiger partial charge in [-0.05, 0) is 33.6 Å². The van der Waals surface area contributed by atoms with E-state index in [0.29, 0.717) is 17.4 Å². The number of aryl methyl sites for hydroxylation is 1. The first-order chi connectivity index (χ1) is 9.27. The molecule has 0 aromatic carbocycles. The molecule has 1 aromatic heterocycles. The Morgan fingerprint density at radius 2 is 2.10 bits per heavy atom. The van der Waals surface area contributed by atoms with Gasteiger partial charge in [-0.1, -0.05) is 0 Å². The van der Waals surface area contributed by atoms with Gasteiger partial charge in [-0.15, -0.1) is 0 Å². The molecule has 20 heavy (non-hydrogen) atoms. The second kappa shape index (κ2) is 5.01. The maximum atomic E-state index is 12.4. The predicted molar refractivity (Wildman–Crippen MR) is 74.8 cm³/mol. The number of rotatable bonds is 4. The molecule has 1 aliphatic carbocycles. The summed E-state index contributed by atoms with van der Waals surface area (Å²) in [5.74, 6) is 0.586. The van der Waals surface area contributed by atoms with Crippen LogP contribution in [-0.4, -0.2) is 45.1 Å². The fourth-order valence-corrected chi connectivity index (χ4v) is 1.96. The van der Waals surface area contributed by atoms with E-state index < -0.39 is 17.0 Å². The van der Waals surface area contributed by atoms with Crippen LogP contribution in [-0.2, 0) is 0 Å². The lowest BCUT2D eigenvalue weighted by molar-refractivity contribution is 0.0470. The van der Waals surface area contributed by atoms with Crippen molar-refractivity contribution < 1.29 is 9.90 Å². The van der Waals surface area contributed by atoms with Crippen molar-refractivity contribution in [1.29, 1.82) is 0 Å². The Morgan fingerprint density at radius 1 is 1.50 bits per heavy atom. The van der Waals surface area contributed by atoms with E-state index in [2.05, 4.69) is 9.97 Å². The molecule has 6 nitrogen and oxygen atoms in total. The van der Waals surface area contributed by atoms with E-state index in [9.17, 15) is 14.7 Å². The van der Waals surface area contributed by atoms with Gasteiger partial charge in [-0.25, -0.2) is 4.98 Å². The summed E-state index contributed by atoms with van der Waals surface area (Å²) in [7, 11) is 1.58. The maximum Gasteiger partial charge on any atom is 0.264 e. The summed E-state index contributed by atoms with van der Waals surface area (Å²) in [5, 5.41) is 9.33. The highest BCUT2D eigenvalue weighted by molar-refractivity contribution is 5.95. The van der Waals surface area contributed by atoms with E-state index >= 15 is 0 Å². The minimum absolute atomic E-state index is 0.0541. The summed E-state index contributed by atoms with van der Waals surface area (Å²) in [6.07, 6.45) is 2.07. The van der Waals surface area contributed by atoms with Gasteiger partial charge in [0, 0.05) is 13.0 Å². The lowest BCUT2D eigenvalue weighted by Gasteiger charge is -2.33. The van der Waals surface area contributed by atoms with Crippen molar-refractivity contribution in [1.82, 2.24) is 14.9 Å². The molecular formula is C14H21N3O3. The number of nitrogens with zero attached hydrogens (tertiary/aromatic N) is 2. The van der Waals surface area contributed by atoms with Crippen LogP contribution < -0.4 is 5.56 Å². The van der Waals surface area contributed by atoms with Crippen molar-refractivity contribution in [3.05, 3.63) is 27.4 Å². The number of aromatic amines is 1. The molecule has 1 saturated carbocycles. The molecular weight excluding hydrogens is 258 g/mol.